The summed E-state index contributed by atoms with van der Waals surface area (Å²) in [5.41, 5.74) is 6.06. The molecular formula is C13H12NO+. The predicted octanol–water partition coefficient (Wildman–Crippen LogP) is 1.79. The molecule has 3 N–H and O–H groups in total. The number of carbonyl (C=O) groups is 1. The van der Waals surface area contributed by atoms with Crippen LogP contribution in [0, 0.1) is 0 Å². The maximum absolute atomic E-state index is 12.0. The van der Waals surface area contributed by atoms with Crippen LogP contribution >= 0.6 is 0 Å². The highest BCUT2D eigenvalue weighted by Crippen LogP contribution is 2.11. The monoisotopic (exact) mass is 198 g/mol. The van der Waals surface area contributed by atoms with Crippen LogP contribution < -0.4 is 5.73 Å². The van der Waals surface area contributed by atoms with Gasteiger partial charge in [0, 0.05) is 17.2 Å². The van der Waals surface area contributed by atoms with Crippen molar-refractivity contribution in [2.45, 2.75) is 0 Å². The van der Waals surface area contributed by atoms with Gasteiger partial charge in [-0.2, -0.15) is 0 Å². The standard InChI is InChI=1S/C13H11NO/c14-12-8-4-7-11(9-12)13(15)10-5-2-1-3-6-10/h1-9H,14H2/p+1. The van der Waals surface area contributed by atoms with E-state index in [4.69, 9.17) is 0 Å². The van der Waals surface area contributed by atoms with Gasteiger partial charge in [-0.25, -0.2) is 0 Å². The lowest BCUT2D eigenvalue weighted by Crippen LogP contribution is -2.40. The van der Waals surface area contributed by atoms with Crippen LogP contribution in [0.4, 0.5) is 5.69 Å². The van der Waals surface area contributed by atoms with Gasteiger partial charge in [-0.1, -0.05) is 42.5 Å². The molecule has 0 bridgehead atoms. The molecule has 0 atom stereocenters. The molecule has 2 aromatic carbocycles. The molecule has 0 saturated heterocycles. The summed E-state index contributed by atoms with van der Waals surface area (Å²) in [6.45, 7) is 0. The predicted molar refractivity (Wildman–Crippen MR) is 58.9 cm³/mol. The summed E-state index contributed by atoms with van der Waals surface area (Å²) in [5.74, 6) is 0.0427. The Balaban J connectivity index is 2.37. The van der Waals surface area contributed by atoms with Gasteiger partial charge >= 0.3 is 0 Å². The van der Waals surface area contributed by atoms with E-state index >= 15 is 0 Å². The summed E-state index contributed by atoms with van der Waals surface area (Å²) < 4.78 is 0. The highest BCUT2D eigenvalue weighted by atomic mass is 16.1. The van der Waals surface area contributed by atoms with Crippen LogP contribution in [0.15, 0.2) is 54.6 Å². The van der Waals surface area contributed by atoms with Crippen LogP contribution in [0.3, 0.4) is 0 Å². The number of ketones is 1. The largest absolute Gasteiger partial charge is 0.325 e. The van der Waals surface area contributed by atoms with Crippen molar-refractivity contribution >= 4 is 11.5 Å². The minimum absolute atomic E-state index is 0.0427. The van der Waals surface area contributed by atoms with Gasteiger partial charge in [0.2, 0.25) is 0 Å². The third kappa shape index (κ3) is 2.11. The number of hydrogen-bond donors (Lipinski definition) is 1. The molecule has 2 aromatic rings. The van der Waals surface area contributed by atoms with Crippen molar-refractivity contribution in [1.29, 1.82) is 0 Å². The van der Waals surface area contributed by atoms with Gasteiger partial charge in [-0.15, -0.1) is 0 Å². The van der Waals surface area contributed by atoms with E-state index in [2.05, 4.69) is 5.73 Å². The van der Waals surface area contributed by atoms with E-state index in [1.807, 2.05) is 48.5 Å². The number of rotatable bonds is 2. The third-order valence-corrected chi connectivity index (χ3v) is 2.23. The second kappa shape index (κ2) is 4.07. The Hall–Kier alpha value is -1.93. The first-order chi connectivity index (χ1) is 7.27. The molecule has 0 amide bonds. The fraction of sp³-hybridized carbons (Fsp3) is 0. The van der Waals surface area contributed by atoms with Crippen LogP contribution in [0.25, 0.3) is 0 Å². The second-order valence-corrected chi connectivity index (χ2v) is 3.40. The van der Waals surface area contributed by atoms with E-state index in [0.29, 0.717) is 11.1 Å². The van der Waals surface area contributed by atoms with Crippen molar-refractivity contribution in [2.24, 2.45) is 0 Å². The van der Waals surface area contributed by atoms with E-state index in [0.717, 1.165) is 5.69 Å². The first-order valence-electron chi connectivity index (χ1n) is 4.79. The van der Waals surface area contributed by atoms with E-state index < -0.39 is 0 Å². The SMILES string of the molecule is [NH3+]c1cccc(C(=O)c2ccccc2)c1. The Kier molecular flexibility index (Phi) is 2.61. The lowest BCUT2D eigenvalue weighted by Gasteiger charge is -2.00. The van der Waals surface area contributed by atoms with Crippen LogP contribution in [0.1, 0.15) is 15.9 Å². The Morgan fingerprint density at radius 1 is 0.867 bits per heavy atom. The summed E-state index contributed by atoms with van der Waals surface area (Å²) in [6, 6.07) is 16.6. The average Bonchev–Trinajstić information content (AvgIpc) is 2.29. The Morgan fingerprint density at radius 3 is 2.20 bits per heavy atom. The van der Waals surface area contributed by atoms with Gasteiger partial charge in [-0.3, -0.25) is 4.79 Å². The number of carbonyl (C=O) groups excluding carboxylic acids is 1. The highest BCUT2D eigenvalue weighted by Gasteiger charge is 2.08. The van der Waals surface area contributed by atoms with Crippen LogP contribution in [0.5, 0.6) is 0 Å². The molecule has 2 heteroatoms. The number of benzene rings is 2. The van der Waals surface area contributed by atoms with E-state index in [1.165, 1.54) is 0 Å². The quantitative estimate of drug-likeness (QED) is 0.734. The Morgan fingerprint density at radius 2 is 1.53 bits per heavy atom. The smallest absolute Gasteiger partial charge is 0.193 e. The first kappa shape index (κ1) is 9.62. The van der Waals surface area contributed by atoms with Gasteiger partial charge in [0.1, 0.15) is 5.69 Å². The van der Waals surface area contributed by atoms with E-state index in [9.17, 15) is 4.79 Å². The van der Waals surface area contributed by atoms with Crippen molar-refractivity contribution in [3.05, 3.63) is 65.7 Å². The fourth-order valence-electron chi connectivity index (χ4n) is 1.47. The van der Waals surface area contributed by atoms with E-state index in [1.54, 1.807) is 6.07 Å². The average molecular weight is 198 g/mol. The van der Waals surface area contributed by atoms with Gasteiger partial charge in [0.15, 0.2) is 5.78 Å². The lowest BCUT2D eigenvalue weighted by atomic mass is 10.0. The molecule has 0 spiro atoms. The Bertz CT molecular complexity index is 477. The lowest BCUT2D eigenvalue weighted by molar-refractivity contribution is -0.254. The Labute approximate surface area is 88.4 Å². The molecule has 0 heterocycles. The van der Waals surface area contributed by atoms with Crippen LogP contribution in [0.2, 0.25) is 0 Å². The van der Waals surface area contributed by atoms with Crippen molar-refractivity contribution in [2.75, 3.05) is 0 Å². The zero-order valence-corrected chi connectivity index (χ0v) is 8.31. The molecule has 2 nitrogen and oxygen atoms in total. The molecular weight excluding hydrogens is 186 g/mol. The van der Waals surface area contributed by atoms with Crippen molar-refractivity contribution in [3.8, 4) is 0 Å². The second-order valence-electron chi connectivity index (χ2n) is 3.40. The third-order valence-electron chi connectivity index (χ3n) is 2.23. The van der Waals surface area contributed by atoms with Gasteiger partial charge in [0.25, 0.3) is 0 Å². The van der Waals surface area contributed by atoms with Crippen LogP contribution in [-0.4, -0.2) is 5.78 Å². The first-order valence-corrected chi connectivity index (χ1v) is 4.79. The maximum Gasteiger partial charge on any atom is 0.193 e. The minimum Gasteiger partial charge on any atom is -0.325 e. The molecule has 0 aliphatic carbocycles. The van der Waals surface area contributed by atoms with Gasteiger partial charge in [-0.05, 0) is 6.07 Å². The number of hydrogen-bond acceptors (Lipinski definition) is 1. The molecule has 0 aliphatic heterocycles. The van der Waals surface area contributed by atoms with Crippen molar-refractivity contribution in [3.63, 3.8) is 0 Å². The minimum atomic E-state index is 0.0427. The molecule has 74 valence electrons. The normalized spacial score (nSPS) is 9.93. The molecule has 2 rings (SSSR count). The van der Waals surface area contributed by atoms with E-state index in [-0.39, 0.29) is 5.78 Å². The summed E-state index contributed by atoms with van der Waals surface area (Å²) in [5, 5.41) is 0. The summed E-state index contributed by atoms with van der Waals surface area (Å²) >= 11 is 0. The molecule has 0 aliphatic rings. The zero-order valence-electron chi connectivity index (χ0n) is 8.31. The molecule has 15 heavy (non-hydrogen) atoms. The maximum atomic E-state index is 12.0. The molecule has 0 unspecified atom stereocenters. The van der Waals surface area contributed by atoms with Gasteiger partial charge < -0.3 is 5.73 Å². The highest BCUT2D eigenvalue weighted by molar-refractivity contribution is 6.09. The molecule has 0 radical (unpaired) electrons. The van der Waals surface area contributed by atoms with Gasteiger partial charge in [0.05, 0.1) is 0 Å². The topological polar surface area (TPSA) is 44.7 Å². The van der Waals surface area contributed by atoms with Crippen molar-refractivity contribution < 1.29 is 10.5 Å². The van der Waals surface area contributed by atoms with Crippen molar-refractivity contribution in [1.82, 2.24) is 0 Å². The van der Waals surface area contributed by atoms with Crippen LogP contribution in [-0.2, 0) is 0 Å². The summed E-state index contributed by atoms with van der Waals surface area (Å²) in [6.07, 6.45) is 0. The molecule has 0 aromatic heterocycles. The summed E-state index contributed by atoms with van der Waals surface area (Å²) in [4.78, 5) is 12.0. The molecule has 0 fully saturated rings. The zero-order chi connectivity index (χ0) is 10.7. The summed E-state index contributed by atoms with van der Waals surface area (Å²) in [7, 11) is 0. The molecule has 0 saturated carbocycles. The fourth-order valence-corrected chi connectivity index (χ4v) is 1.47. The number of quaternary nitrogens is 1.